The Kier molecular flexibility index (Phi) is 5.19. The fourth-order valence-corrected chi connectivity index (χ4v) is 4.36. The quantitative estimate of drug-likeness (QED) is 0.366. The molecule has 1 unspecified atom stereocenters. The van der Waals surface area contributed by atoms with E-state index >= 15 is 0 Å². The van der Waals surface area contributed by atoms with Gasteiger partial charge in [0.2, 0.25) is 0 Å². The summed E-state index contributed by atoms with van der Waals surface area (Å²) in [6.07, 6.45) is 2.35. The number of rotatable bonds is 5. The maximum atomic E-state index is 5.57. The molecule has 0 N–H and O–H groups in total. The van der Waals surface area contributed by atoms with Gasteiger partial charge in [-0.15, -0.1) is 0 Å². The summed E-state index contributed by atoms with van der Waals surface area (Å²) >= 11 is 0. The molecule has 0 saturated heterocycles. The van der Waals surface area contributed by atoms with Crippen molar-refractivity contribution in [3.8, 4) is 5.75 Å². The average Bonchev–Trinajstić information content (AvgIpc) is 3.05. The van der Waals surface area contributed by atoms with E-state index in [9.17, 15) is 0 Å². The number of aromatic nitrogens is 1. The second-order valence-corrected chi connectivity index (χ2v) is 8.79. The normalized spacial score (nSPS) is 12.8. The van der Waals surface area contributed by atoms with Crippen LogP contribution in [0.2, 0.25) is 0 Å². The zero-order valence-electron chi connectivity index (χ0n) is 17.7. The van der Waals surface area contributed by atoms with Crippen LogP contribution in [0.25, 0.3) is 10.9 Å². The van der Waals surface area contributed by atoms with Gasteiger partial charge in [-0.25, -0.2) is 0 Å². The van der Waals surface area contributed by atoms with Crippen molar-refractivity contribution in [1.29, 1.82) is 0 Å². The van der Waals surface area contributed by atoms with Crippen LogP contribution >= 0.6 is 0 Å². The van der Waals surface area contributed by atoms with Gasteiger partial charge in [-0.1, -0.05) is 81.4 Å². The van der Waals surface area contributed by atoms with Crippen LogP contribution in [-0.4, -0.2) is 11.7 Å². The van der Waals surface area contributed by atoms with Crippen molar-refractivity contribution in [1.82, 2.24) is 4.57 Å². The Balaban J connectivity index is 1.92. The molecule has 1 atom stereocenters. The number of ether oxygens (including phenoxy) is 1. The maximum absolute atomic E-state index is 5.57. The van der Waals surface area contributed by atoms with Crippen molar-refractivity contribution in [3.63, 3.8) is 0 Å². The first-order valence-corrected chi connectivity index (χ1v) is 10.2. The number of nitrogens with zero attached hydrogens (tertiary/aromatic N) is 1. The van der Waals surface area contributed by atoms with E-state index in [2.05, 4.69) is 110 Å². The summed E-state index contributed by atoms with van der Waals surface area (Å²) in [5.74, 6) is 1.19. The first kappa shape index (κ1) is 19.3. The molecule has 3 aromatic carbocycles. The molecular weight excluding hydrogens is 354 g/mol. The summed E-state index contributed by atoms with van der Waals surface area (Å²) in [6, 6.07) is 27.9. The SMILES string of the molecule is COc1ccc2c(c1)c(C(c1ccccc1)C(C)(C)C)cn2Cc1ccccc1. The third-order valence-electron chi connectivity index (χ3n) is 5.62. The first-order chi connectivity index (χ1) is 14.0. The minimum absolute atomic E-state index is 0.0797. The standard InChI is InChI=1S/C27H29NO/c1-27(2,3)26(21-13-9-6-10-14-21)24-19-28(18-20-11-7-5-8-12-20)25-16-15-22(29-4)17-23(24)25/h5-17,19,26H,18H2,1-4H3. The van der Waals surface area contributed by atoms with E-state index in [-0.39, 0.29) is 11.3 Å². The highest BCUT2D eigenvalue weighted by atomic mass is 16.5. The van der Waals surface area contributed by atoms with E-state index in [4.69, 9.17) is 4.74 Å². The predicted molar refractivity (Wildman–Crippen MR) is 122 cm³/mol. The van der Waals surface area contributed by atoms with E-state index in [1.807, 2.05) is 0 Å². The van der Waals surface area contributed by atoms with Crippen molar-refractivity contribution >= 4 is 10.9 Å². The van der Waals surface area contributed by atoms with E-state index in [1.165, 1.54) is 27.6 Å². The third kappa shape index (κ3) is 3.93. The van der Waals surface area contributed by atoms with Crippen molar-refractivity contribution in [2.45, 2.75) is 33.2 Å². The van der Waals surface area contributed by atoms with Gasteiger partial charge >= 0.3 is 0 Å². The van der Waals surface area contributed by atoms with Crippen molar-refractivity contribution in [3.05, 3.63) is 102 Å². The van der Waals surface area contributed by atoms with Crippen molar-refractivity contribution in [2.75, 3.05) is 7.11 Å². The molecule has 1 aromatic heterocycles. The van der Waals surface area contributed by atoms with E-state index in [1.54, 1.807) is 7.11 Å². The molecule has 0 amide bonds. The Bertz CT molecular complexity index is 1090. The molecule has 4 aromatic rings. The molecule has 2 nitrogen and oxygen atoms in total. The summed E-state index contributed by atoms with van der Waals surface area (Å²) in [5, 5.41) is 1.27. The second-order valence-electron chi connectivity index (χ2n) is 8.79. The maximum Gasteiger partial charge on any atom is 0.119 e. The molecule has 0 spiro atoms. The molecule has 0 saturated carbocycles. The van der Waals surface area contributed by atoms with Gasteiger partial charge in [0.25, 0.3) is 0 Å². The topological polar surface area (TPSA) is 14.2 Å². The van der Waals surface area contributed by atoms with E-state index in [0.717, 1.165) is 12.3 Å². The Morgan fingerprint density at radius 2 is 1.52 bits per heavy atom. The lowest BCUT2D eigenvalue weighted by Crippen LogP contribution is -2.19. The monoisotopic (exact) mass is 383 g/mol. The van der Waals surface area contributed by atoms with Gasteiger partial charge in [0.1, 0.15) is 5.75 Å². The van der Waals surface area contributed by atoms with Crippen molar-refractivity contribution < 1.29 is 4.74 Å². The van der Waals surface area contributed by atoms with Gasteiger partial charge in [0.05, 0.1) is 7.11 Å². The average molecular weight is 384 g/mol. The van der Waals surface area contributed by atoms with Crippen LogP contribution in [0.3, 0.4) is 0 Å². The van der Waals surface area contributed by atoms with Crippen LogP contribution in [0, 0.1) is 5.41 Å². The minimum atomic E-state index is 0.0797. The molecule has 29 heavy (non-hydrogen) atoms. The summed E-state index contributed by atoms with van der Waals surface area (Å²) in [7, 11) is 1.74. The zero-order valence-corrected chi connectivity index (χ0v) is 17.7. The highest BCUT2D eigenvalue weighted by Gasteiger charge is 2.30. The molecule has 0 aliphatic heterocycles. The number of fused-ring (bicyclic) bond motifs is 1. The van der Waals surface area contributed by atoms with Crippen LogP contribution in [0.1, 0.15) is 43.4 Å². The number of hydrogen-bond acceptors (Lipinski definition) is 1. The van der Waals surface area contributed by atoms with E-state index < -0.39 is 0 Å². The van der Waals surface area contributed by atoms with Gasteiger partial charge in [-0.3, -0.25) is 0 Å². The lowest BCUT2D eigenvalue weighted by atomic mass is 9.72. The molecule has 0 fully saturated rings. The Morgan fingerprint density at radius 3 is 2.14 bits per heavy atom. The van der Waals surface area contributed by atoms with E-state index in [0.29, 0.717) is 0 Å². The Morgan fingerprint density at radius 1 is 0.862 bits per heavy atom. The molecule has 0 radical (unpaired) electrons. The molecule has 0 aliphatic carbocycles. The van der Waals surface area contributed by atoms with Gasteiger partial charge in [-0.05, 0) is 40.3 Å². The fraction of sp³-hybridized carbons (Fsp3) is 0.259. The molecular formula is C27H29NO. The largest absolute Gasteiger partial charge is 0.497 e. The fourth-order valence-electron chi connectivity index (χ4n) is 4.36. The summed E-state index contributed by atoms with van der Waals surface area (Å²) < 4.78 is 7.94. The van der Waals surface area contributed by atoms with Gasteiger partial charge in [-0.2, -0.15) is 0 Å². The van der Waals surface area contributed by atoms with Crippen LogP contribution in [0.5, 0.6) is 5.75 Å². The summed E-state index contributed by atoms with van der Waals surface area (Å²) in [4.78, 5) is 0. The predicted octanol–water partition coefficient (Wildman–Crippen LogP) is 6.88. The van der Waals surface area contributed by atoms with Crippen LogP contribution < -0.4 is 4.74 Å². The van der Waals surface area contributed by atoms with Gasteiger partial charge in [0, 0.05) is 29.6 Å². The minimum Gasteiger partial charge on any atom is -0.497 e. The lowest BCUT2D eigenvalue weighted by Gasteiger charge is -2.31. The highest BCUT2D eigenvalue weighted by molar-refractivity contribution is 5.86. The van der Waals surface area contributed by atoms with Gasteiger partial charge in [0.15, 0.2) is 0 Å². The molecule has 0 aliphatic rings. The number of hydrogen-bond donors (Lipinski definition) is 0. The highest BCUT2D eigenvalue weighted by Crippen LogP contribution is 2.44. The van der Waals surface area contributed by atoms with Crippen molar-refractivity contribution in [2.24, 2.45) is 5.41 Å². The van der Waals surface area contributed by atoms with Gasteiger partial charge < -0.3 is 9.30 Å². The van der Waals surface area contributed by atoms with Crippen LogP contribution in [0.15, 0.2) is 85.1 Å². The first-order valence-electron chi connectivity index (χ1n) is 10.2. The summed E-state index contributed by atoms with van der Waals surface area (Å²) in [5.41, 5.74) is 5.33. The molecule has 4 rings (SSSR count). The third-order valence-corrected chi connectivity index (χ3v) is 5.62. The van der Waals surface area contributed by atoms with Crippen LogP contribution in [0.4, 0.5) is 0 Å². The smallest absolute Gasteiger partial charge is 0.119 e. The molecule has 148 valence electrons. The van der Waals surface area contributed by atoms with Crippen LogP contribution in [-0.2, 0) is 6.54 Å². The Labute approximate surface area is 173 Å². The zero-order chi connectivity index (χ0) is 20.4. The summed E-state index contributed by atoms with van der Waals surface area (Å²) in [6.45, 7) is 7.83. The Hall–Kier alpha value is -3.00. The molecule has 2 heteroatoms. The number of methoxy groups -OCH3 is 1. The number of benzene rings is 3. The second kappa shape index (κ2) is 7.79. The lowest BCUT2D eigenvalue weighted by molar-refractivity contribution is 0.359. The molecule has 0 bridgehead atoms. The molecule has 1 heterocycles.